The Labute approximate surface area is 115 Å². The summed E-state index contributed by atoms with van der Waals surface area (Å²) in [6, 6.07) is 13.5. The number of nitrogens with one attached hydrogen (secondary N) is 1. The third kappa shape index (κ3) is 2.02. The summed E-state index contributed by atoms with van der Waals surface area (Å²) in [6.07, 6.45) is 0.529. The Morgan fingerprint density at radius 3 is 2.58 bits per heavy atom. The van der Waals surface area contributed by atoms with E-state index in [0.29, 0.717) is 6.42 Å². The summed E-state index contributed by atoms with van der Waals surface area (Å²) in [7, 11) is 0. The molecule has 2 aromatic rings. The molecule has 4 nitrogen and oxygen atoms in total. The number of thiophene rings is 1. The fourth-order valence-electron chi connectivity index (χ4n) is 2.30. The minimum absolute atomic E-state index is 0.162. The fraction of sp³-hybridized carbons (Fsp3) is 0.143. The quantitative estimate of drug-likeness (QED) is 0.891. The van der Waals surface area contributed by atoms with E-state index in [0.717, 1.165) is 10.4 Å². The van der Waals surface area contributed by atoms with Gasteiger partial charge in [0.25, 0.3) is 5.91 Å². The van der Waals surface area contributed by atoms with E-state index < -0.39 is 5.54 Å². The van der Waals surface area contributed by atoms with E-state index in [-0.39, 0.29) is 11.9 Å². The molecule has 0 unspecified atom stereocenters. The molecule has 3 rings (SSSR count). The van der Waals surface area contributed by atoms with Gasteiger partial charge in [0.2, 0.25) is 0 Å². The highest BCUT2D eigenvalue weighted by Crippen LogP contribution is 2.34. The van der Waals surface area contributed by atoms with Gasteiger partial charge in [-0.1, -0.05) is 36.4 Å². The van der Waals surface area contributed by atoms with E-state index in [1.807, 2.05) is 47.8 Å². The van der Waals surface area contributed by atoms with Crippen molar-refractivity contribution in [3.63, 3.8) is 0 Å². The minimum Gasteiger partial charge on any atom is -0.370 e. The lowest BCUT2D eigenvalue weighted by atomic mass is 9.86. The van der Waals surface area contributed by atoms with E-state index in [2.05, 4.69) is 10.3 Å². The normalized spacial score (nSPS) is 22.1. The van der Waals surface area contributed by atoms with E-state index in [1.165, 1.54) is 0 Å². The predicted octanol–water partition coefficient (Wildman–Crippen LogP) is 1.63. The lowest BCUT2D eigenvalue weighted by Crippen LogP contribution is -2.40. The average Bonchev–Trinajstić information content (AvgIpc) is 3.00. The summed E-state index contributed by atoms with van der Waals surface area (Å²) in [4.78, 5) is 17.8. The molecule has 0 fully saturated rings. The standard InChI is InChI=1S/C14H13N3OS/c15-13-16-12(18)14(17-13,9-11-7-4-8-19-11)10-5-2-1-3-6-10/h1-8H,9H2,(H3,15,16,17,18)/t14-/m1/s1. The van der Waals surface area contributed by atoms with Crippen molar-refractivity contribution in [3.8, 4) is 0 Å². The third-order valence-electron chi connectivity index (χ3n) is 3.19. The number of hydrogen-bond acceptors (Lipinski definition) is 4. The van der Waals surface area contributed by atoms with Crippen LogP contribution < -0.4 is 11.1 Å². The van der Waals surface area contributed by atoms with Crippen LogP contribution >= 0.6 is 11.3 Å². The Balaban J connectivity index is 2.09. The maximum atomic E-state index is 12.3. The summed E-state index contributed by atoms with van der Waals surface area (Å²) in [6.45, 7) is 0. The van der Waals surface area contributed by atoms with Crippen molar-refractivity contribution in [2.75, 3.05) is 0 Å². The predicted molar refractivity (Wildman–Crippen MR) is 75.9 cm³/mol. The topological polar surface area (TPSA) is 67.5 Å². The molecular formula is C14H13N3OS. The van der Waals surface area contributed by atoms with Gasteiger partial charge in [-0.3, -0.25) is 10.1 Å². The number of carbonyl (C=O) groups is 1. The first-order valence-corrected chi connectivity index (χ1v) is 6.83. The number of guanidine groups is 1. The van der Waals surface area contributed by atoms with Gasteiger partial charge in [0.05, 0.1) is 0 Å². The van der Waals surface area contributed by atoms with Crippen LogP contribution in [0, 0.1) is 0 Å². The van der Waals surface area contributed by atoms with Crippen LogP contribution in [0.2, 0.25) is 0 Å². The van der Waals surface area contributed by atoms with E-state index in [9.17, 15) is 4.79 Å². The van der Waals surface area contributed by atoms with E-state index in [1.54, 1.807) is 11.3 Å². The Morgan fingerprint density at radius 1 is 1.21 bits per heavy atom. The van der Waals surface area contributed by atoms with Gasteiger partial charge in [-0.15, -0.1) is 11.3 Å². The molecule has 0 saturated heterocycles. The van der Waals surface area contributed by atoms with Gasteiger partial charge in [0.1, 0.15) is 0 Å². The van der Waals surface area contributed by atoms with Crippen LogP contribution in [0.3, 0.4) is 0 Å². The molecule has 0 bridgehead atoms. The Hall–Kier alpha value is -2.14. The summed E-state index contributed by atoms with van der Waals surface area (Å²) < 4.78 is 0. The molecular weight excluding hydrogens is 258 g/mol. The average molecular weight is 271 g/mol. The monoisotopic (exact) mass is 271 g/mol. The van der Waals surface area contributed by atoms with Gasteiger partial charge in [-0.05, 0) is 17.0 Å². The summed E-state index contributed by atoms with van der Waals surface area (Å²) >= 11 is 1.62. The van der Waals surface area contributed by atoms with Crippen molar-refractivity contribution in [1.29, 1.82) is 0 Å². The van der Waals surface area contributed by atoms with Gasteiger partial charge < -0.3 is 5.73 Å². The molecule has 5 heteroatoms. The maximum absolute atomic E-state index is 12.3. The third-order valence-corrected chi connectivity index (χ3v) is 4.07. The SMILES string of the molecule is NC1=N[C@](Cc2cccs2)(c2ccccc2)C(=O)N1. The van der Waals surface area contributed by atoms with E-state index in [4.69, 9.17) is 5.73 Å². The zero-order valence-corrected chi connectivity index (χ0v) is 11.0. The maximum Gasteiger partial charge on any atom is 0.259 e. The summed E-state index contributed by atoms with van der Waals surface area (Å²) in [5.41, 5.74) is 5.62. The number of nitrogens with two attached hydrogens (primary N) is 1. The molecule has 1 aliphatic rings. The molecule has 0 spiro atoms. The van der Waals surface area contributed by atoms with Crippen molar-refractivity contribution >= 4 is 23.2 Å². The largest absolute Gasteiger partial charge is 0.370 e. The first kappa shape index (κ1) is 11.9. The zero-order valence-electron chi connectivity index (χ0n) is 10.2. The molecule has 1 amide bonds. The second-order valence-corrected chi connectivity index (χ2v) is 5.47. The highest BCUT2D eigenvalue weighted by atomic mass is 32.1. The summed E-state index contributed by atoms with van der Waals surface area (Å²) in [5, 5.41) is 4.61. The highest BCUT2D eigenvalue weighted by Gasteiger charge is 2.45. The fourth-order valence-corrected chi connectivity index (χ4v) is 3.08. The van der Waals surface area contributed by atoms with Gasteiger partial charge in [0.15, 0.2) is 11.5 Å². The number of amides is 1. The molecule has 1 aliphatic heterocycles. The van der Waals surface area contributed by atoms with Crippen LogP contribution in [-0.4, -0.2) is 11.9 Å². The smallest absolute Gasteiger partial charge is 0.259 e. The van der Waals surface area contributed by atoms with Crippen molar-refractivity contribution < 1.29 is 4.79 Å². The number of benzene rings is 1. The molecule has 3 N–H and O–H groups in total. The molecule has 0 aliphatic carbocycles. The first-order chi connectivity index (χ1) is 9.21. The number of nitrogens with zero attached hydrogens (tertiary/aromatic N) is 1. The van der Waals surface area contributed by atoms with Gasteiger partial charge in [-0.25, -0.2) is 4.99 Å². The molecule has 0 saturated carbocycles. The van der Waals surface area contributed by atoms with Crippen LogP contribution in [0.25, 0.3) is 0 Å². The van der Waals surface area contributed by atoms with Gasteiger partial charge in [-0.2, -0.15) is 0 Å². The molecule has 1 aromatic heterocycles. The van der Waals surface area contributed by atoms with Crippen LogP contribution in [-0.2, 0) is 16.8 Å². The Bertz CT molecular complexity index is 621. The minimum atomic E-state index is -0.934. The molecule has 19 heavy (non-hydrogen) atoms. The van der Waals surface area contributed by atoms with Crippen LogP contribution in [0.1, 0.15) is 10.4 Å². The summed E-state index contributed by atoms with van der Waals surface area (Å²) in [5.74, 6) is 0.0232. The van der Waals surface area contributed by atoms with Crippen molar-refractivity contribution in [1.82, 2.24) is 5.32 Å². The van der Waals surface area contributed by atoms with Crippen LogP contribution in [0.5, 0.6) is 0 Å². The lowest BCUT2D eigenvalue weighted by Gasteiger charge is -2.23. The van der Waals surface area contributed by atoms with Crippen LogP contribution in [0.4, 0.5) is 0 Å². The molecule has 96 valence electrons. The Kier molecular flexibility index (Phi) is 2.83. The number of carbonyl (C=O) groups excluding carboxylic acids is 1. The second kappa shape index (κ2) is 4.51. The van der Waals surface area contributed by atoms with E-state index >= 15 is 0 Å². The number of aliphatic imine (C=N–C) groups is 1. The van der Waals surface area contributed by atoms with Crippen molar-refractivity contribution in [3.05, 3.63) is 58.3 Å². The molecule has 1 aromatic carbocycles. The lowest BCUT2D eigenvalue weighted by molar-refractivity contribution is -0.124. The second-order valence-electron chi connectivity index (χ2n) is 4.43. The molecule has 0 radical (unpaired) electrons. The van der Waals surface area contributed by atoms with Crippen molar-refractivity contribution in [2.24, 2.45) is 10.7 Å². The first-order valence-electron chi connectivity index (χ1n) is 5.95. The van der Waals surface area contributed by atoms with Crippen molar-refractivity contribution in [2.45, 2.75) is 12.0 Å². The van der Waals surface area contributed by atoms with Gasteiger partial charge >= 0.3 is 0 Å². The number of rotatable bonds is 3. The molecule has 2 heterocycles. The highest BCUT2D eigenvalue weighted by molar-refractivity contribution is 7.09. The zero-order chi connectivity index (χ0) is 13.3. The molecule has 1 atom stereocenters. The number of hydrogen-bond donors (Lipinski definition) is 2. The Morgan fingerprint density at radius 2 is 2.00 bits per heavy atom. The van der Waals surface area contributed by atoms with Crippen LogP contribution in [0.15, 0.2) is 52.8 Å². The van der Waals surface area contributed by atoms with Gasteiger partial charge in [0, 0.05) is 11.3 Å².